The van der Waals surface area contributed by atoms with E-state index in [1.807, 2.05) is 0 Å². The molecule has 0 bridgehead atoms. The Morgan fingerprint density at radius 3 is 1.64 bits per heavy atom. The number of rotatable bonds is 8. The monoisotopic (exact) mass is 313 g/mol. The third-order valence-electron chi connectivity index (χ3n) is 3.76. The largest absolute Gasteiger partial charge is 0.344 e. The van der Waals surface area contributed by atoms with Crippen LogP contribution in [0.25, 0.3) is 0 Å². The summed E-state index contributed by atoms with van der Waals surface area (Å²) in [5, 5.41) is 0. The van der Waals surface area contributed by atoms with E-state index in [1.54, 1.807) is 18.9 Å². The second kappa shape index (κ2) is 9.17. The van der Waals surface area contributed by atoms with Crippen LogP contribution in [0.15, 0.2) is 0 Å². The molecule has 7 heteroatoms. The van der Waals surface area contributed by atoms with Crippen molar-refractivity contribution in [1.29, 1.82) is 0 Å². The molecule has 22 heavy (non-hydrogen) atoms. The lowest BCUT2D eigenvalue weighted by Gasteiger charge is -2.30. The summed E-state index contributed by atoms with van der Waals surface area (Å²) in [6.07, 6.45) is 0. The average Bonchev–Trinajstić information content (AvgIpc) is 2.40. The van der Waals surface area contributed by atoms with Gasteiger partial charge in [0, 0.05) is 54.0 Å². The van der Waals surface area contributed by atoms with Gasteiger partial charge in [-0.25, -0.2) is 0 Å². The van der Waals surface area contributed by atoms with E-state index >= 15 is 0 Å². The van der Waals surface area contributed by atoms with Crippen molar-refractivity contribution in [2.45, 2.75) is 40.7 Å². The van der Waals surface area contributed by atoms with E-state index in [0.29, 0.717) is 26.2 Å². The second-order valence-electron chi connectivity index (χ2n) is 5.45. The normalized spacial score (nSPS) is 11.5. The van der Waals surface area contributed by atoms with Gasteiger partial charge in [0.15, 0.2) is 5.78 Å². The van der Waals surface area contributed by atoms with Crippen LogP contribution in [-0.4, -0.2) is 77.5 Å². The first-order valence-corrected chi connectivity index (χ1v) is 7.32. The molecule has 0 N–H and O–H groups in total. The molecule has 0 radical (unpaired) electrons. The molecule has 0 aliphatic rings. The molecule has 7 nitrogen and oxygen atoms in total. The number of carbonyl (C=O) groups is 4. The van der Waals surface area contributed by atoms with E-state index in [-0.39, 0.29) is 23.5 Å². The Labute approximate surface area is 132 Å². The number of amides is 3. The molecule has 0 rings (SSSR count). The zero-order chi connectivity index (χ0) is 17.4. The van der Waals surface area contributed by atoms with Gasteiger partial charge in [-0.15, -0.1) is 0 Å². The molecule has 126 valence electrons. The number of Topliss-reactive ketones (excluding diaryl/α,β-unsaturated/α-hetero) is 1. The molecule has 3 amide bonds. The fourth-order valence-electron chi connectivity index (χ4n) is 1.93. The van der Waals surface area contributed by atoms with Crippen LogP contribution in [0.5, 0.6) is 0 Å². The SMILES string of the molecule is CC(=O)C(C)N(CCN(CCN(C)C(C)=O)C(C)=O)C(C)=O. The number of ketones is 1. The van der Waals surface area contributed by atoms with Gasteiger partial charge in [0.2, 0.25) is 17.7 Å². The van der Waals surface area contributed by atoms with Gasteiger partial charge in [0.05, 0.1) is 6.04 Å². The molecular formula is C15H27N3O4. The number of hydrogen-bond acceptors (Lipinski definition) is 4. The quantitative estimate of drug-likeness (QED) is 0.638. The van der Waals surface area contributed by atoms with Gasteiger partial charge >= 0.3 is 0 Å². The summed E-state index contributed by atoms with van der Waals surface area (Å²) < 4.78 is 0. The zero-order valence-corrected chi connectivity index (χ0v) is 14.4. The van der Waals surface area contributed by atoms with Crippen molar-refractivity contribution in [3.8, 4) is 0 Å². The van der Waals surface area contributed by atoms with Crippen LogP contribution < -0.4 is 0 Å². The molecule has 0 heterocycles. The van der Waals surface area contributed by atoms with E-state index < -0.39 is 6.04 Å². The third kappa shape index (κ3) is 6.69. The molecule has 0 spiro atoms. The summed E-state index contributed by atoms with van der Waals surface area (Å²) in [5.74, 6) is -0.497. The van der Waals surface area contributed by atoms with E-state index in [1.165, 1.54) is 37.5 Å². The van der Waals surface area contributed by atoms with Crippen LogP contribution in [0.2, 0.25) is 0 Å². The van der Waals surface area contributed by atoms with Crippen molar-refractivity contribution >= 4 is 23.5 Å². The molecule has 0 aliphatic carbocycles. The second-order valence-corrected chi connectivity index (χ2v) is 5.45. The summed E-state index contributed by atoms with van der Waals surface area (Å²) in [5.41, 5.74) is 0. The fourth-order valence-corrected chi connectivity index (χ4v) is 1.93. The number of nitrogens with zero attached hydrogens (tertiary/aromatic N) is 3. The van der Waals surface area contributed by atoms with E-state index in [9.17, 15) is 19.2 Å². The van der Waals surface area contributed by atoms with Crippen molar-refractivity contribution in [3.05, 3.63) is 0 Å². The van der Waals surface area contributed by atoms with Crippen molar-refractivity contribution in [2.24, 2.45) is 0 Å². The van der Waals surface area contributed by atoms with Crippen LogP contribution in [0.1, 0.15) is 34.6 Å². The van der Waals surface area contributed by atoms with Crippen molar-refractivity contribution in [1.82, 2.24) is 14.7 Å². The van der Waals surface area contributed by atoms with Gasteiger partial charge in [-0.05, 0) is 13.8 Å². The lowest BCUT2D eigenvalue weighted by atomic mass is 10.2. The van der Waals surface area contributed by atoms with Gasteiger partial charge in [0.25, 0.3) is 0 Å². The van der Waals surface area contributed by atoms with Crippen molar-refractivity contribution in [3.63, 3.8) is 0 Å². The maximum absolute atomic E-state index is 11.7. The lowest BCUT2D eigenvalue weighted by Crippen LogP contribution is -2.47. The summed E-state index contributed by atoms with van der Waals surface area (Å²) in [6, 6.07) is -0.508. The highest BCUT2D eigenvalue weighted by Crippen LogP contribution is 2.03. The maximum Gasteiger partial charge on any atom is 0.220 e. The predicted molar refractivity (Wildman–Crippen MR) is 83.1 cm³/mol. The Hall–Kier alpha value is -1.92. The molecule has 0 aliphatic heterocycles. The van der Waals surface area contributed by atoms with Gasteiger partial charge in [-0.3, -0.25) is 19.2 Å². The number of likely N-dealkylation sites (N-methyl/N-ethyl adjacent to an activating group) is 1. The predicted octanol–water partition coefficient (Wildman–Crippen LogP) is 0.139. The van der Waals surface area contributed by atoms with Crippen LogP contribution >= 0.6 is 0 Å². The third-order valence-corrected chi connectivity index (χ3v) is 3.76. The van der Waals surface area contributed by atoms with Crippen LogP contribution in [0.3, 0.4) is 0 Å². The van der Waals surface area contributed by atoms with E-state index in [4.69, 9.17) is 0 Å². The zero-order valence-electron chi connectivity index (χ0n) is 14.4. The molecule has 1 unspecified atom stereocenters. The Morgan fingerprint density at radius 1 is 0.773 bits per heavy atom. The van der Waals surface area contributed by atoms with E-state index in [0.717, 1.165) is 0 Å². The summed E-state index contributed by atoms with van der Waals surface area (Å²) >= 11 is 0. The fraction of sp³-hybridized carbons (Fsp3) is 0.733. The Kier molecular flexibility index (Phi) is 8.37. The molecule has 0 fully saturated rings. The highest BCUT2D eigenvalue weighted by molar-refractivity contribution is 5.86. The highest BCUT2D eigenvalue weighted by Gasteiger charge is 2.21. The van der Waals surface area contributed by atoms with E-state index in [2.05, 4.69) is 0 Å². The van der Waals surface area contributed by atoms with Crippen molar-refractivity contribution in [2.75, 3.05) is 33.2 Å². The maximum atomic E-state index is 11.7. The molecule has 0 aromatic rings. The topological polar surface area (TPSA) is 78.0 Å². The first-order chi connectivity index (χ1) is 10.1. The minimum absolute atomic E-state index is 0.0703. The van der Waals surface area contributed by atoms with Gasteiger partial charge in [0.1, 0.15) is 0 Å². The van der Waals surface area contributed by atoms with Gasteiger partial charge < -0.3 is 14.7 Å². The van der Waals surface area contributed by atoms with Crippen LogP contribution in [-0.2, 0) is 19.2 Å². The minimum atomic E-state index is -0.508. The smallest absolute Gasteiger partial charge is 0.220 e. The Bertz CT molecular complexity index is 437. The first-order valence-electron chi connectivity index (χ1n) is 7.32. The summed E-state index contributed by atoms with van der Waals surface area (Å²) in [6.45, 7) is 8.86. The minimum Gasteiger partial charge on any atom is -0.344 e. The highest BCUT2D eigenvalue weighted by atomic mass is 16.2. The molecule has 0 saturated heterocycles. The first kappa shape index (κ1) is 20.1. The van der Waals surface area contributed by atoms with Crippen molar-refractivity contribution < 1.29 is 19.2 Å². The summed E-state index contributed by atoms with van der Waals surface area (Å²) in [7, 11) is 1.67. The Balaban J connectivity index is 4.68. The standard InChI is InChI=1S/C15H27N3O4/c1-11(12(2)19)18(15(5)22)10-9-17(14(4)21)8-7-16(6)13(3)20/h11H,7-10H2,1-6H3. The van der Waals surface area contributed by atoms with Gasteiger partial charge in [-0.1, -0.05) is 0 Å². The van der Waals surface area contributed by atoms with Gasteiger partial charge in [-0.2, -0.15) is 0 Å². The lowest BCUT2D eigenvalue weighted by molar-refractivity contribution is -0.138. The molecule has 0 saturated carbocycles. The molecular weight excluding hydrogens is 286 g/mol. The van der Waals surface area contributed by atoms with Crippen LogP contribution in [0, 0.1) is 0 Å². The average molecular weight is 313 g/mol. The number of carbonyl (C=O) groups excluding carboxylic acids is 4. The molecule has 0 aromatic carbocycles. The van der Waals surface area contributed by atoms with Crippen LogP contribution in [0.4, 0.5) is 0 Å². The molecule has 0 aromatic heterocycles. The number of hydrogen-bond donors (Lipinski definition) is 0. The summed E-state index contributed by atoms with van der Waals surface area (Å²) in [4.78, 5) is 50.5. The Morgan fingerprint density at radius 2 is 1.27 bits per heavy atom. The molecule has 1 atom stereocenters.